The van der Waals surface area contributed by atoms with Crippen LogP contribution in [0.5, 0.6) is 0 Å². The van der Waals surface area contributed by atoms with Crippen molar-refractivity contribution in [1.82, 2.24) is 25.1 Å². The van der Waals surface area contributed by atoms with Gasteiger partial charge in [-0.1, -0.05) is 18.2 Å². The van der Waals surface area contributed by atoms with Crippen LogP contribution in [0.2, 0.25) is 0 Å². The van der Waals surface area contributed by atoms with Gasteiger partial charge in [-0.3, -0.25) is 4.90 Å². The second kappa shape index (κ2) is 5.68. The van der Waals surface area contributed by atoms with E-state index in [-0.39, 0.29) is 6.04 Å². The molecular weight excluding hydrogens is 254 g/mol. The molecule has 1 aromatic carbocycles. The molecule has 2 rings (SSSR count). The summed E-state index contributed by atoms with van der Waals surface area (Å²) < 4.78 is 1.73. The number of aliphatic hydroxyl groups is 1. The summed E-state index contributed by atoms with van der Waals surface area (Å²) in [7, 11) is 1.95. The molecule has 1 unspecified atom stereocenters. The molecule has 1 aromatic heterocycles. The SMILES string of the molecule is CC(c1nnnn1-c1ccccc1)N(C)CC(C)(C)O. The van der Waals surface area contributed by atoms with Crippen molar-refractivity contribution in [3.8, 4) is 5.69 Å². The average molecular weight is 275 g/mol. The normalized spacial score (nSPS) is 13.7. The summed E-state index contributed by atoms with van der Waals surface area (Å²) in [6, 6.07) is 9.78. The molecule has 1 atom stereocenters. The zero-order chi connectivity index (χ0) is 14.8. The molecule has 0 saturated heterocycles. The van der Waals surface area contributed by atoms with Gasteiger partial charge in [-0.25, -0.2) is 0 Å². The van der Waals surface area contributed by atoms with E-state index < -0.39 is 5.60 Å². The highest BCUT2D eigenvalue weighted by Crippen LogP contribution is 2.20. The van der Waals surface area contributed by atoms with Crippen molar-refractivity contribution in [2.45, 2.75) is 32.4 Å². The summed E-state index contributed by atoms with van der Waals surface area (Å²) in [4.78, 5) is 2.03. The highest BCUT2D eigenvalue weighted by atomic mass is 16.3. The summed E-state index contributed by atoms with van der Waals surface area (Å²) in [6.07, 6.45) is 0. The van der Waals surface area contributed by atoms with Gasteiger partial charge in [-0.2, -0.15) is 4.68 Å². The van der Waals surface area contributed by atoms with Crippen molar-refractivity contribution >= 4 is 0 Å². The molecule has 1 N–H and O–H groups in total. The zero-order valence-electron chi connectivity index (χ0n) is 12.4. The Morgan fingerprint density at radius 3 is 2.55 bits per heavy atom. The van der Waals surface area contributed by atoms with Crippen LogP contribution < -0.4 is 0 Å². The van der Waals surface area contributed by atoms with Crippen molar-refractivity contribution in [2.24, 2.45) is 0 Å². The number of para-hydroxylation sites is 1. The first-order chi connectivity index (χ1) is 9.38. The van der Waals surface area contributed by atoms with Crippen LogP contribution in [0.3, 0.4) is 0 Å². The molecule has 0 saturated carbocycles. The van der Waals surface area contributed by atoms with Crippen LogP contribution >= 0.6 is 0 Å². The van der Waals surface area contributed by atoms with Crippen LogP contribution in [-0.2, 0) is 0 Å². The monoisotopic (exact) mass is 275 g/mol. The number of hydrogen-bond acceptors (Lipinski definition) is 5. The van der Waals surface area contributed by atoms with E-state index in [1.54, 1.807) is 18.5 Å². The van der Waals surface area contributed by atoms with Gasteiger partial charge in [0, 0.05) is 6.54 Å². The van der Waals surface area contributed by atoms with Gasteiger partial charge in [-0.05, 0) is 50.4 Å². The van der Waals surface area contributed by atoms with Crippen molar-refractivity contribution in [2.75, 3.05) is 13.6 Å². The fraction of sp³-hybridized carbons (Fsp3) is 0.500. The smallest absolute Gasteiger partial charge is 0.173 e. The molecule has 0 aliphatic carbocycles. The van der Waals surface area contributed by atoms with E-state index in [9.17, 15) is 5.11 Å². The Morgan fingerprint density at radius 2 is 1.95 bits per heavy atom. The molecule has 0 fully saturated rings. The maximum atomic E-state index is 9.92. The second-order valence-corrected chi connectivity index (χ2v) is 5.69. The molecule has 20 heavy (non-hydrogen) atoms. The summed E-state index contributed by atoms with van der Waals surface area (Å²) in [6.45, 7) is 6.14. The lowest BCUT2D eigenvalue weighted by atomic mass is 10.1. The molecule has 0 spiro atoms. The topological polar surface area (TPSA) is 67.1 Å². The summed E-state index contributed by atoms with van der Waals surface area (Å²) in [5.41, 5.74) is 0.171. The van der Waals surface area contributed by atoms with Crippen LogP contribution in [-0.4, -0.2) is 49.4 Å². The highest BCUT2D eigenvalue weighted by molar-refractivity contribution is 5.30. The fourth-order valence-electron chi connectivity index (χ4n) is 2.15. The number of benzene rings is 1. The van der Waals surface area contributed by atoms with Gasteiger partial charge in [0.15, 0.2) is 5.82 Å². The first kappa shape index (κ1) is 14.6. The second-order valence-electron chi connectivity index (χ2n) is 5.69. The average Bonchev–Trinajstić information content (AvgIpc) is 2.86. The maximum Gasteiger partial charge on any atom is 0.173 e. The lowest BCUT2D eigenvalue weighted by Gasteiger charge is -2.29. The number of nitrogens with zero attached hydrogens (tertiary/aromatic N) is 5. The van der Waals surface area contributed by atoms with E-state index in [4.69, 9.17) is 0 Å². The van der Waals surface area contributed by atoms with Gasteiger partial charge in [0.05, 0.1) is 17.3 Å². The fourth-order valence-corrected chi connectivity index (χ4v) is 2.15. The molecular formula is C14H21N5O. The van der Waals surface area contributed by atoms with Gasteiger partial charge >= 0.3 is 0 Å². The van der Waals surface area contributed by atoms with Crippen molar-refractivity contribution in [3.63, 3.8) is 0 Å². The van der Waals surface area contributed by atoms with Crippen molar-refractivity contribution < 1.29 is 5.11 Å². The van der Waals surface area contributed by atoms with Crippen LogP contribution in [0.25, 0.3) is 5.69 Å². The number of hydrogen-bond donors (Lipinski definition) is 1. The third kappa shape index (κ3) is 3.40. The van der Waals surface area contributed by atoms with Gasteiger partial charge in [0.2, 0.25) is 0 Å². The predicted molar refractivity (Wildman–Crippen MR) is 76.5 cm³/mol. The first-order valence-electron chi connectivity index (χ1n) is 6.65. The van der Waals surface area contributed by atoms with E-state index in [0.29, 0.717) is 6.54 Å². The Bertz CT molecular complexity index is 546. The minimum absolute atomic E-state index is 0.00312. The maximum absolute atomic E-state index is 9.92. The Hall–Kier alpha value is -1.79. The largest absolute Gasteiger partial charge is 0.389 e. The molecule has 6 nitrogen and oxygen atoms in total. The van der Waals surface area contributed by atoms with Gasteiger partial charge in [0.1, 0.15) is 0 Å². The lowest BCUT2D eigenvalue weighted by Crippen LogP contribution is -2.38. The molecule has 0 aliphatic rings. The first-order valence-corrected chi connectivity index (χ1v) is 6.65. The number of aromatic nitrogens is 4. The Labute approximate surface area is 119 Å². The molecule has 6 heteroatoms. The van der Waals surface area contributed by atoms with Crippen molar-refractivity contribution in [1.29, 1.82) is 0 Å². The van der Waals surface area contributed by atoms with Crippen LogP contribution in [0.4, 0.5) is 0 Å². The molecule has 0 radical (unpaired) electrons. The molecule has 0 amide bonds. The number of rotatable bonds is 5. The molecule has 1 heterocycles. The minimum atomic E-state index is -0.756. The summed E-state index contributed by atoms with van der Waals surface area (Å²) in [5, 5.41) is 21.9. The van der Waals surface area contributed by atoms with Gasteiger partial charge in [-0.15, -0.1) is 5.10 Å². The Morgan fingerprint density at radius 1 is 1.30 bits per heavy atom. The van der Waals surface area contributed by atoms with Crippen LogP contribution in [0.15, 0.2) is 30.3 Å². The van der Waals surface area contributed by atoms with E-state index >= 15 is 0 Å². The van der Waals surface area contributed by atoms with Gasteiger partial charge < -0.3 is 5.11 Å². The number of tetrazole rings is 1. The van der Waals surface area contributed by atoms with Crippen LogP contribution in [0.1, 0.15) is 32.6 Å². The predicted octanol–water partition coefficient (Wildman–Crippen LogP) is 1.43. The Balaban J connectivity index is 2.24. The van der Waals surface area contributed by atoms with Crippen LogP contribution in [0, 0.1) is 0 Å². The van der Waals surface area contributed by atoms with E-state index in [0.717, 1.165) is 11.5 Å². The standard InChI is InChI=1S/C14H21N5O/c1-11(18(4)10-14(2,3)20)13-15-16-17-19(13)12-8-6-5-7-9-12/h5-9,11,20H,10H2,1-4H3. The summed E-state index contributed by atoms with van der Waals surface area (Å²) >= 11 is 0. The zero-order valence-corrected chi connectivity index (χ0v) is 12.4. The molecule has 0 bridgehead atoms. The van der Waals surface area contributed by atoms with Crippen molar-refractivity contribution in [3.05, 3.63) is 36.2 Å². The summed E-state index contributed by atoms with van der Waals surface area (Å²) in [5.74, 6) is 0.753. The van der Waals surface area contributed by atoms with E-state index in [1.165, 1.54) is 0 Å². The van der Waals surface area contributed by atoms with Gasteiger partial charge in [0.25, 0.3) is 0 Å². The lowest BCUT2D eigenvalue weighted by molar-refractivity contribution is 0.0319. The Kier molecular flexibility index (Phi) is 4.15. The highest BCUT2D eigenvalue weighted by Gasteiger charge is 2.24. The number of likely N-dealkylation sites (N-methyl/N-ethyl adjacent to an activating group) is 1. The minimum Gasteiger partial charge on any atom is -0.389 e. The quantitative estimate of drug-likeness (QED) is 0.894. The third-order valence-electron chi connectivity index (χ3n) is 3.17. The third-order valence-corrected chi connectivity index (χ3v) is 3.17. The van der Waals surface area contributed by atoms with E-state index in [1.807, 2.05) is 49.2 Å². The molecule has 108 valence electrons. The van der Waals surface area contributed by atoms with E-state index in [2.05, 4.69) is 15.5 Å². The molecule has 2 aromatic rings. The molecule has 0 aliphatic heterocycles.